The summed E-state index contributed by atoms with van der Waals surface area (Å²) in [6.45, 7) is 4.64. The van der Waals surface area contributed by atoms with E-state index >= 15 is 0 Å². The zero-order valence-corrected chi connectivity index (χ0v) is 17.4. The molecule has 146 valence electrons. The van der Waals surface area contributed by atoms with Crippen molar-refractivity contribution in [3.8, 4) is 11.1 Å². The van der Waals surface area contributed by atoms with Crippen molar-refractivity contribution in [2.24, 2.45) is 0 Å². The molecule has 0 unspecified atom stereocenters. The molecule has 1 heterocycles. The smallest absolute Gasteiger partial charge is 0.137 e. The highest BCUT2D eigenvalue weighted by Crippen LogP contribution is 2.49. The fourth-order valence-electron chi connectivity index (χ4n) is 4.97. The third kappa shape index (κ3) is 2.31. The molecule has 0 saturated carbocycles. The van der Waals surface area contributed by atoms with Gasteiger partial charge in [-0.05, 0) is 52.6 Å². The van der Waals surface area contributed by atoms with Crippen molar-refractivity contribution in [1.29, 1.82) is 0 Å². The van der Waals surface area contributed by atoms with Crippen molar-refractivity contribution in [2.75, 3.05) is 11.9 Å². The van der Waals surface area contributed by atoms with Gasteiger partial charge in [0.2, 0.25) is 0 Å². The monoisotopic (exact) mass is 389 g/mol. The molecule has 0 atom stereocenters. The van der Waals surface area contributed by atoms with Crippen LogP contribution in [0.4, 0.5) is 11.4 Å². The number of rotatable bonds is 2. The van der Waals surface area contributed by atoms with E-state index in [2.05, 4.69) is 98.6 Å². The summed E-state index contributed by atoms with van der Waals surface area (Å²) in [7, 11) is 2.13. The molecule has 0 aliphatic heterocycles. The van der Waals surface area contributed by atoms with Crippen molar-refractivity contribution in [3.05, 3.63) is 96.1 Å². The van der Waals surface area contributed by atoms with E-state index in [0.717, 1.165) is 22.2 Å². The Balaban J connectivity index is 1.44. The Hall–Kier alpha value is -3.52. The number of benzene rings is 4. The first-order valence-corrected chi connectivity index (χ1v) is 10.4. The molecule has 0 fully saturated rings. The maximum atomic E-state index is 6.10. The lowest BCUT2D eigenvalue weighted by atomic mass is 9.82. The third-order valence-electron chi connectivity index (χ3n) is 6.70. The third-order valence-corrected chi connectivity index (χ3v) is 6.70. The summed E-state index contributed by atoms with van der Waals surface area (Å²) in [5.41, 5.74) is 9.67. The largest absolute Gasteiger partial charge is 0.456 e. The van der Waals surface area contributed by atoms with E-state index < -0.39 is 0 Å². The number of nitrogens with zero attached hydrogens (tertiary/aromatic N) is 1. The molecule has 30 heavy (non-hydrogen) atoms. The minimum atomic E-state index is 0.00542. The molecule has 6 rings (SSSR count). The van der Waals surface area contributed by atoms with E-state index in [-0.39, 0.29) is 5.41 Å². The molecular weight excluding hydrogens is 366 g/mol. The molecule has 0 saturated heterocycles. The number of hydrogen-bond acceptors (Lipinski definition) is 2. The van der Waals surface area contributed by atoms with E-state index in [9.17, 15) is 0 Å². The molecule has 0 bridgehead atoms. The minimum absolute atomic E-state index is 0.00542. The summed E-state index contributed by atoms with van der Waals surface area (Å²) < 4.78 is 6.10. The Morgan fingerprint density at radius 1 is 0.633 bits per heavy atom. The number of para-hydroxylation sites is 1. The Bertz CT molecular complexity index is 1440. The van der Waals surface area contributed by atoms with Crippen molar-refractivity contribution in [3.63, 3.8) is 0 Å². The molecular formula is C28H23NO. The second kappa shape index (κ2) is 5.99. The Labute approximate surface area is 176 Å². The molecule has 0 spiro atoms. The second-order valence-corrected chi connectivity index (χ2v) is 8.74. The molecule has 0 radical (unpaired) electrons. The first-order chi connectivity index (χ1) is 14.5. The van der Waals surface area contributed by atoms with Gasteiger partial charge in [-0.15, -0.1) is 0 Å². The van der Waals surface area contributed by atoms with E-state index in [1.165, 1.54) is 33.3 Å². The molecule has 1 aliphatic rings. The van der Waals surface area contributed by atoms with Crippen LogP contribution < -0.4 is 4.90 Å². The van der Waals surface area contributed by atoms with Gasteiger partial charge in [-0.1, -0.05) is 62.4 Å². The zero-order valence-electron chi connectivity index (χ0n) is 17.4. The number of anilines is 2. The van der Waals surface area contributed by atoms with Crippen molar-refractivity contribution in [1.82, 2.24) is 0 Å². The maximum absolute atomic E-state index is 6.10. The Kier molecular flexibility index (Phi) is 3.47. The van der Waals surface area contributed by atoms with Crippen LogP contribution in [0, 0.1) is 0 Å². The van der Waals surface area contributed by atoms with Crippen LogP contribution >= 0.6 is 0 Å². The van der Waals surface area contributed by atoms with Crippen LogP contribution in [0.1, 0.15) is 25.0 Å². The van der Waals surface area contributed by atoms with Crippen molar-refractivity contribution >= 4 is 33.3 Å². The summed E-state index contributed by atoms with van der Waals surface area (Å²) in [5, 5.41) is 2.33. The second-order valence-electron chi connectivity index (χ2n) is 8.74. The molecule has 5 aromatic rings. The van der Waals surface area contributed by atoms with Gasteiger partial charge in [0.25, 0.3) is 0 Å². The van der Waals surface area contributed by atoms with Crippen LogP contribution in [0.5, 0.6) is 0 Å². The molecule has 4 aromatic carbocycles. The molecule has 2 heteroatoms. The first-order valence-electron chi connectivity index (χ1n) is 10.4. The molecule has 1 aromatic heterocycles. The fraction of sp³-hybridized carbons (Fsp3) is 0.143. The highest BCUT2D eigenvalue weighted by atomic mass is 16.3. The average Bonchev–Trinajstić information content (AvgIpc) is 3.26. The molecule has 1 aliphatic carbocycles. The van der Waals surface area contributed by atoms with Gasteiger partial charge in [0.1, 0.15) is 11.2 Å². The fourth-order valence-corrected chi connectivity index (χ4v) is 4.97. The number of fused-ring (bicyclic) bond motifs is 6. The van der Waals surface area contributed by atoms with Gasteiger partial charge < -0.3 is 9.32 Å². The molecule has 0 amide bonds. The summed E-state index contributed by atoms with van der Waals surface area (Å²) in [6, 6.07) is 30.3. The van der Waals surface area contributed by atoms with Gasteiger partial charge >= 0.3 is 0 Å². The first kappa shape index (κ1) is 17.3. The number of hydrogen-bond donors (Lipinski definition) is 0. The van der Waals surface area contributed by atoms with E-state index in [0.29, 0.717) is 0 Å². The van der Waals surface area contributed by atoms with Crippen LogP contribution in [0.2, 0.25) is 0 Å². The molecule has 0 N–H and O–H groups in total. The predicted octanol–water partition coefficient (Wildman–Crippen LogP) is 7.66. The van der Waals surface area contributed by atoms with E-state index in [4.69, 9.17) is 4.42 Å². The Morgan fingerprint density at radius 2 is 1.30 bits per heavy atom. The van der Waals surface area contributed by atoms with Gasteiger partial charge in [-0.25, -0.2) is 0 Å². The topological polar surface area (TPSA) is 16.4 Å². The van der Waals surface area contributed by atoms with Crippen LogP contribution in [-0.2, 0) is 5.41 Å². The van der Waals surface area contributed by atoms with Crippen LogP contribution in [0.25, 0.3) is 33.1 Å². The van der Waals surface area contributed by atoms with Gasteiger partial charge in [0.05, 0.1) is 0 Å². The summed E-state index contributed by atoms with van der Waals surface area (Å²) in [4.78, 5) is 2.24. The number of furan rings is 1. The lowest BCUT2D eigenvalue weighted by Crippen LogP contribution is -2.16. The minimum Gasteiger partial charge on any atom is -0.456 e. The predicted molar refractivity (Wildman–Crippen MR) is 126 cm³/mol. The quantitative estimate of drug-likeness (QED) is 0.308. The van der Waals surface area contributed by atoms with Gasteiger partial charge in [-0.2, -0.15) is 0 Å². The van der Waals surface area contributed by atoms with Gasteiger partial charge in [-0.3, -0.25) is 0 Å². The maximum Gasteiger partial charge on any atom is 0.137 e. The van der Waals surface area contributed by atoms with Gasteiger partial charge in [0, 0.05) is 40.7 Å². The standard InChI is InChI=1S/C28H23NO/c1-28(2)24-10-6-4-8-20(24)21-14-12-18(16-25(21)28)29(3)19-13-15-23-22-9-5-7-11-26(22)30-27(23)17-19/h4-17H,1-3H3. The molecule has 2 nitrogen and oxygen atoms in total. The summed E-state index contributed by atoms with van der Waals surface area (Å²) in [5.74, 6) is 0. The van der Waals surface area contributed by atoms with Crippen molar-refractivity contribution in [2.45, 2.75) is 19.3 Å². The summed E-state index contributed by atoms with van der Waals surface area (Å²) >= 11 is 0. The van der Waals surface area contributed by atoms with Crippen molar-refractivity contribution < 1.29 is 4.42 Å². The normalized spacial score (nSPS) is 14.1. The Morgan fingerprint density at radius 3 is 2.20 bits per heavy atom. The summed E-state index contributed by atoms with van der Waals surface area (Å²) in [6.07, 6.45) is 0. The lowest BCUT2D eigenvalue weighted by molar-refractivity contribution is 0.660. The van der Waals surface area contributed by atoms with Gasteiger partial charge in [0.15, 0.2) is 0 Å². The van der Waals surface area contributed by atoms with Crippen LogP contribution in [0.15, 0.2) is 89.3 Å². The van der Waals surface area contributed by atoms with E-state index in [1.54, 1.807) is 0 Å². The zero-order chi connectivity index (χ0) is 20.5. The highest BCUT2D eigenvalue weighted by Gasteiger charge is 2.35. The average molecular weight is 389 g/mol. The SMILES string of the molecule is CN(c1ccc2c(c1)C(C)(C)c1ccccc1-2)c1ccc2c(c1)oc1ccccc12. The highest BCUT2D eigenvalue weighted by molar-refractivity contribution is 6.05. The van der Waals surface area contributed by atoms with Crippen LogP contribution in [0.3, 0.4) is 0 Å². The lowest BCUT2D eigenvalue weighted by Gasteiger charge is -2.25. The van der Waals surface area contributed by atoms with Crippen LogP contribution in [-0.4, -0.2) is 7.05 Å². The van der Waals surface area contributed by atoms with E-state index in [1.807, 2.05) is 12.1 Å².